The van der Waals surface area contributed by atoms with Crippen molar-refractivity contribution in [3.8, 4) is 6.07 Å². The first-order valence-corrected chi connectivity index (χ1v) is 7.85. The number of hydrogen-bond donors (Lipinski definition) is 0. The molecule has 4 rings (SSSR count). The zero-order valence-corrected chi connectivity index (χ0v) is 13.3. The number of hydrogen-bond acceptors (Lipinski definition) is 5. The summed E-state index contributed by atoms with van der Waals surface area (Å²) in [6, 6.07) is 19.8. The third-order valence-corrected chi connectivity index (χ3v) is 4.27. The number of rotatable bonds is 4. The Morgan fingerprint density at radius 1 is 1.00 bits per heavy atom. The molecule has 0 saturated heterocycles. The van der Waals surface area contributed by atoms with Crippen LogP contribution in [0, 0.1) is 11.3 Å². The Bertz CT molecular complexity index is 994. The number of nitriles is 1. The van der Waals surface area contributed by atoms with E-state index in [-0.39, 0.29) is 0 Å². The zero-order chi connectivity index (χ0) is 17.1. The third-order valence-electron chi connectivity index (χ3n) is 4.27. The van der Waals surface area contributed by atoms with Gasteiger partial charge in [0.05, 0.1) is 30.0 Å². The SMILES string of the molecule is N#CC(Cn1nnc2ccccc21)(c1ccccc1)c1cnccn1. The number of benzene rings is 2. The minimum absolute atomic E-state index is 0.298. The smallest absolute Gasteiger partial charge is 0.145 e. The van der Waals surface area contributed by atoms with E-state index < -0.39 is 5.41 Å². The first-order valence-electron chi connectivity index (χ1n) is 7.85. The Morgan fingerprint density at radius 2 is 1.80 bits per heavy atom. The second kappa shape index (κ2) is 6.13. The van der Waals surface area contributed by atoms with Crippen LogP contribution in [0.4, 0.5) is 0 Å². The second-order valence-electron chi connectivity index (χ2n) is 5.71. The molecule has 25 heavy (non-hydrogen) atoms. The van der Waals surface area contributed by atoms with Gasteiger partial charge in [-0.25, -0.2) is 4.68 Å². The van der Waals surface area contributed by atoms with Gasteiger partial charge in [0.15, 0.2) is 0 Å². The Balaban J connectivity index is 1.91. The van der Waals surface area contributed by atoms with Crippen molar-refractivity contribution in [2.24, 2.45) is 0 Å². The quantitative estimate of drug-likeness (QED) is 0.576. The highest BCUT2D eigenvalue weighted by molar-refractivity contribution is 5.74. The molecule has 0 fully saturated rings. The molecule has 0 aliphatic rings. The first-order chi connectivity index (χ1) is 12.3. The van der Waals surface area contributed by atoms with Crippen molar-refractivity contribution < 1.29 is 0 Å². The van der Waals surface area contributed by atoms with Gasteiger partial charge in [-0.05, 0) is 17.7 Å². The van der Waals surface area contributed by atoms with Gasteiger partial charge in [0, 0.05) is 12.4 Å². The van der Waals surface area contributed by atoms with E-state index in [9.17, 15) is 5.26 Å². The molecule has 0 N–H and O–H groups in total. The molecule has 2 aromatic carbocycles. The van der Waals surface area contributed by atoms with Gasteiger partial charge in [0.1, 0.15) is 10.9 Å². The van der Waals surface area contributed by atoms with Gasteiger partial charge in [-0.15, -0.1) is 5.10 Å². The van der Waals surface area contributed by atoms with Crippen molar-refractivity contribution >= 4 is 11.0 Å². The maximum absolute atomic E-state index is 10.2. The van der Waals surface area contributed by atoms with Crippen LogP contribution in [0.5, 0.6) is 0 Å². The van der Waals surface area contributed by atoms with E-state index in [0.717, 1.165) is 16.6 Å². The van der Waals surface area contributed by atoms with Crippen LogP contribution in [0.25, 0.3) is 11.0 Å². The topological polar surface area (TPSA) is 80.3 Å². The standard InChI is InChI=1S/C19H14N6/c20-13-19(15-6-2-1-3-7-15,18-12-21-10-11-22-18)14-25-17-9-5-4-8-16(17)23-24-25/h1-12H,14H2. The minimum Gasteiger partial charge on any atom is -0.261 e. The monoisotopic (exact) mass is 326 g/mol. The highest BCUT2D eigenvalue weighted by Gasteiger charge is 2.37. The van der Waals surface area contributed by atoms with E-state index in [0.29, 0.717) is 12.2 Å². The van der Waals surface area contributed by atoms with Crippen LogP contribution in [0.3, 0.4) is 0 Å². The third kappa shape index (κ3) is 2.52. The lowest BCUT2D eigenvalue weighted by molar-refractivity contribution is 0.477. The Morgan fingerprint density at radius 3 is 2.56 bits per heavy atom. The summed E-state index contributed by atoms with van der Waals surface area (Å²) >= 11 is 0. The van der Waals surface area contributed by atoms with E-state index in [1.807, 2.05) is 54.6 Å². The van der Waals surface area contributed by atoms with Crippen LogP contribution in [-0.4, -0.2) is 25.0 Å². The number of fused-ring (bicyclic) bond motifs is 1. The van der Waals surface area contributed by atoms with Gasteiger partial charge < -0.3 is 0 Å². The normalized spacial score (nSPS) is 13.2. The highest BCUT2D eigenvalue weighted by atomic mass is 15.4. The number of aromatic nitrogens is 5. The van der Waals surface area contributed by atoms with Crippen LogP contribution in [0.1, 0.15) is 11.3 Å². The second-order valence-corrected chi connectivity index (χ2v) is 5.71. The highest BCUT2D eigenvalue weighted by Crippen LogP contribution is 2.32. The van der Waals surface area contributed by atoms with Gasteiger partial charge in [-0.1, -0.05) is 47.7 Å². The fraction of sp³-hybridized carbons (Fsp3) is 0.105. The Hall–Kier alpha value is -3.59. The molecule has 0 radical (unpaired) electrons. The molecule has 2 aromatic heterocycles. The molecule has 4 aromatic rings. The Kier molecular flexibility index (Phi) is 3.67. The molecule has 0 saturated carbocycles. The van der Waals surface area contributed by atoms with Crippen LogP contribution < -0.4 is 0 Å². The van der Waals surface area contributed by atoms with E-state index in [4.69, 9.17) is 0 Å². The van der Waals surface area contributed by atoms with Crippen molar-refractivity contribution in [1.82, 2.24) is 25.0 Å². The molecule has 1 atom stereocenters. The summed E-state index contributed by atoms with van der Waals surface area (Å²) in [5.74, 6) is 0. The van der Waals surface area contributed by atoms with Crippen molar-refractivity contribution in [2.75, 3.05) is 0 Å². The van der Waals surface area contributed by atoms with Gasteiger partial charge in [0.2, 0.25) is 0 Å². The molecule has 6 heteroatoms. The number of nitrogens with zero attached hydrogens (tertiary/aromatic N) is 6. The van der Waals surface area contributed by atoms with Gasteiger partial charge in [0.25, 0.3) is 0 Å². The zero-order valence-electron chi connectivity index (χ0n) is 13.3. The maximum Gasteiger partial charge on any atom is 0.145 e. The van der Waals surface area contributed by atoms with Crippen molar-refractivity contribution in [3.05, 3.63) is 84.4 Å². The molecule has 0 aliphatic carbocycles. The van der Waals surface area contributed by atoms with E-state index >= 15 is 0 Å². The van der Waals surface area contributed by atoms with Crippen LogP contribution in [0.2, 0.25) is 0 Å². The molecule has 0 spiro atoms. The van der Waals surface area contributed by atoms with Crippen LogP contribution in [0.15, 0.2) is 73.2 Å². The fourth-order valence-electron chi connectivity index (χ4n) is 2.98. The summed E-state index contributed by atoms with van der Waals surface area (Å²) < 4.78 is 1.75. The van der Waals surface area contributed by atoms with Crippen molar-refractivity contribution in [1.29, 1.82) is 5.26 Å². The molecule has 0 bridgehead atoms. The summed E-state index contributed by atoms with van der Waals surface area (Å²) in [5, 5.41) is 18.6. The lowest BCUT2D eigenvalue weighted by Gasteiger charge is -2.26. The number of para-hydroxylation sites is 1. The molecule has 120 valence electrons. The average molecular weight is 326 g/mol. The average Bonchev–Trinajstić information content (AvgIpc) is 3.10. The molecule has 1 unspecified atom stereocenters. The van der Waals surface area contributed by atoms with Gasteiger partial charge >= 0.3 is 0 Å². The first kappa shape index (κ1) is 15.0. The minimum atomic E-state index is -1.01. The summed E-state index contributed by atoms with van der Waals surface area (Å²) in [4.78, 5) is 8.57. The van der Waals surface area contributed by atoms with Gasteiger partial charge in [-0.2, -0.15) is 5.26 Å². The molecule has 0 aliphatic heterocycles. The van der Waals surface area contributed by atoms with Crippen molar-refractivity contribution in [3.63, 3.8) is 0 Å². The maximum atomic E-state index is 10.2. The summed E-state index contributed by atoms with van der Waals surface area (Å²) in [7, 11) is 0. The molecule has 2 heterocycles. The van der Waals surface area contributed by atoms with Crippen LogP contribution in [-0.2, 0) is 12.0 Å². The molecular weight excluding hydrogens is 312 g/mol. The predicted molar refractivity (Wildman–Crippen MR) is 92.4 cm³/mol. The molecular formula is C19H14N6. The van der Waals surface area contributed by atoms with E-state index in [1.54, 1.807) is 23.3 Å². The fourth-order valence-corrected chi connectivity index (χ4v) is 2.98. The van der Waals surface area contributed by atoms with E-state index in [1.165, 1.54) is 0 Å². The van der Waals surface area contributed by atoms with Crippen LogP contribution >= 0.6 is 0 Å². The summed E-state index contributed by atoms with van der Waals surface area (Å²) in [6.07, 6.45) is 4.83. The predicted octanol–water partition coefficient (Wildman–Crippen LogP) is 2.73. The van der Waals surface area contributed by atoms with E-state index in [2.05, 4.69) is 26.3 Å². The lowest BCUT2D eigenvalue weighted by Crippen LogP contribution is -2.33. The largest absolute Gasteiger partial charge is 0.261 e. The molecule has 6 nitrogen and oxygen atoms in total. The van der Waals surface area contributed by atoms with Gasteiger partial charge in [-0.3, -0.25) is 9.97 Å². The lowest BCUT2D eigenvalue weighted by atomic mass is 9.79. The summed E-state index contributed by atoms with van der Waals surface area (Å²) in [5.41, 5.74) is 2.09. The van der Waals surface area contributed by atoms with Crippen molar-refractivity contribution in [2.45, 2.75) is 12.0 Å². The Labute approximate surface area is 144 Å². The summed E-state index contributed by atoms with van der Waals surface area (Å²) in [6.45, 7) is 0.298. The molecule has 0 amide bonds.